The Hall–Kier alpha value is -1.20. The zero-order valence-electron chi connectivity index (χ0n) is 12.3. The summed E-state index contributed by atoms with van der Waals surface area (Å²) < 4.78 is 4.58. The molecular weight excluding hydrogens is 310 g/mol. The number of benzene rings is 1. The molecule has 0 aliphatic rings. The second-order valence-corrected chi connectivity index (χ2v) is 5.84. The van der Waals surface area contributed by atoms with Crippen LogP contribution in [0.3, 0.4) is 0 Å². The molecule has 6 heteroatoms. The smallest absolute Gasteiger partial charge is 0.307 e. The fraction of sp³-hybridized carbons (Fsp3) is 0.467. The van der Waals surface area contributed by atoms with Gasteiger partial charge in [-0.25, -0.2) is 0 Å². The summed E-state index contributed by atoms with van der Waals surface area (Å²) in [6, 6.07) is 7.59. The van der Waals surface area contributed by atoms with Crippen LogP contribution in [0.15, 0.2) is 24.3 Å². The van der Waals surface area contributed by atoms with E-state index < -0.39 is 0 Å². The number of carbonyl (C=O) groups excluding carboxylic acids is 2. The molecule has 0 aliphatic carbocycles. The van der Waals surface area contributed by atoms with E-state index in [2.05, 4.69) is 4.74 Å². The molecule has 0 bridgehead atoms. The largest absolute Gasteiger partial charge is 0.469 e. The first-order valence-corrected chi connectivity index (χ1v) is 8.26. The molecule has 0 saturated carbocycles. The third kappa shape index (κ3) is 6.87. The first-order chi connectivity index (χ1) is 10.1. The van der Waals surface area contributed by atoms with Gasteiger partial charge in [0.2, 0.25) is 5.91 Å². The van der Waals surface area contributed by atoms with Crippen LogP contribution >= 0.6 is 23.4 Å². The van der Waals surface area contributed by atoms with Crippen molar-refractivity contribution in [2.75, 3.05) is 26.0 Å². The standard InChI is InChI=1S/C15H20ClNO3S/c1-3-17(9-8-15(19)20-2)14(18)11-21-10-12-4-6-13(16)7-5-12/h4-7H,3,8-11H2,1-2H3. The Morgan fingerprint density at radius 1 is 1.29 bits per heavy atom. The van der Waals surface area contributed by atoms with Crippen molar-refractivity contribution >= 4 is 35.2 Å². The lowest BCUT2D eigenvalue weighted by molar-refractivity contribution is -0.141. The van der Waals surface area contributed by atoms with Crippen molar-refractivity contribution in [1.82, 2.24) is 4.90 Å². The van der Waals surface area contributed by atoms with E-state index in [4.69, 9.17) is 11.6 Å². The van der Waals surface area contributed by atoms with Gasteiger partial charge in [-0.05, 0) is 24.6 Å². The number of halogens is 1. The molecule has 0 atom stereocenters. The lowest BCUT2D eigenvalue weighted by Crippen LogP contribution is -2.34. The van der Waals surface area contributed by atoms with Crippen LogP contribution in [0.2, 0.25) is 5.02 Å². The quantitative estimate of drug-likeness (QED) is 0.688. The van der Waals surface area contributed by atoms with E-state index in [1.807, 2.05) is 31.2 Å². The molecule has 0 radical (unpaired) electrons. The minimum atomic E-state index is -0.296. The maximum Gasteiger partial charge on any atom is 0.307 e. The Morgan fingerprint density at radius 3 is 2.52 bits per heavy atom. The topological polar surface area (TPSA) is 46.6 Å². The van der Waals surface area contributed by atoms with Gasteiger partial charge >= 0.3 is 5.97 Å². The lowest BCUT2D eigenvalue weighted by Gasteiger charge is -2.20. The Kier molecular flexibility index (Phi) is 8.23. The molecular formula is C15H20ClNO3S. The fourth-order valence-electron chi connectivity index (χ4n) is 1.72. The molecule has 0 heterocycles. The van der Waals surface area contributed by atoms with Crippen LogP contribution < -0.4 is 0 Å². The molecule has 0 N–H and O–H groups in total. The zero-order valence-corrected chi connectivity index (χ0v) is 13.9. The summed E-state index contributed by atoms with van der Waals surface area (Å²) in [6.07, 6.45) is 0.234. The predicted molar refractivity (Wildman–Crippen MR) is 86.5 cm³/mol. The minimum absolute atomic E-state index is 0.0420. The number of esters is 1. The van der Waals surface area contributed by atoms with Gasteiger partial charge < -0.3 is 9.64 Å². The average molecular weight is 330 g/mol. The maximum absolute atomic E-state index is 12.1. The average Bonchev–Trinajstić information content (AvgIpc) is 2.49. The maximum atomic E-state index is 12.1. The van der Waals surface area contributed by atoms with E-state index >= 15 is 0 Å². The summed E-state index contributed by atoms with van der Waals surface area (Å²) >= 11 is 7.38. The molecule has 0 saturated heterocycles. The van der Waals surface area contributed by atoms with Crippen molar-refractivity contribution < 1.29 is 14.3 Å². The molecule has 1 aromatic rings. The Bertz CT molecular complexity index is 464. The van der Waals surface area contributed by atoms with Crippen molar-refractivity contribution in [3.63, 3.8) is 0 Å². The van der Waals surface area contributed by atoms with Gasteiger partial charge in [-0.15, -0.1) is 11.8 Å². The monoisotopic (exact) mass is 329 g/mol. The van der Waals surface area contributed by atoms with Gasteiger partial charge in [-0.3, -0.25) is 9.59 Å². The van der Waals surface area contributed by atoms with Gasteiger partial charge in [0.1, 0.15) is 0 Å². The van der Waals surface area contributed by atoms with Gasteiger partial charge in [-0.1, -0.05) is 23.7 Å². The van der Waals surface area contributed by atoms with E-state index in [1.165, 1.54) is 7.11 Å². The number of ether oxygens (including phenoxy) is 1. The predicted octanol–water partition coefficient (Wildman–Crippen LogP) is 2.98. The highest BCUT2D eigenvalue weighted by molar-refractivity contribution is 7.99. The molecule has 1 rings (SSSR count). The SMILES string of the molecule is CCN(CCC(=O)OC)C(=O)CSCc1ccc(Cl)cc1. The third-order valence-corrected chi connectivity index (χ3v) is 4.20. The Labute approximate surface area is 134 Å². The highest BCUT2D eigenvalue weighted by Crippen LogP contribution is 2.16. The first kappa shape index (κ1) is 17.9. The van der Waals surface area contributed by atoms with E-state index in [-0.39, 0.29) is 18.3 Å². The van der Waals surface area contributed by atoms with Gasteiger partial charge in [-0.2, -0.15) is 0 Å². The summed E-state index contributed by atoms with van der Waals surface area (Å²) in [7, 11) is 1.35. The highest BCUT2D eigenvalue weighted by atomic mass is 35.5. The Balaban J connectivity index is 2.33. The number of rotatable bonds is 8. The minimum Gasteiger partial charge on any atom is -0.469 e. The third-order valence-electron chi connectivity index (χ3n) is 2.96. The summed E-state index contributed by atoms with van der Waals surface area (Å²) in [5.74, 6) is 0.908. The number of carbonyl (C=O) groups is 2. The van der Waals surface area contributed by atoms with Crippen LogP contribution in [-0.2, 0) is 20.1 Å². The van der Waals surface area contributed by atoms with E-state index in [1.54, 1.807) is 16.7 Å². The molecule has 0 aliphatic heterocycles. The van der Waals surface area contributed by atoms with E-state index in [0.29, 0.717) is 23.9 Å². The van der Waals surface area contributed by atoms with Crippen LogP contribution in [0.1, 0.15) is 18.9 Å². The van der Waals surface area contributed by atoms with E-state index in [0.717, 1.165) is 11.3 Å². The number of amides is 1. The van der Waals surface area contributed by atoms with Crippen molar-refractivity contribution in [2.24, 2.45) is 0 Å². The van der Waals surface area contributed by atoms with Crippen LogP contribution in [-0.4, -0.2) is 42.7 Å². The van der Waals surface area contributed by atoms with Gasteiger partial charge in [0.25, 0.3) is 0 Å². The van der Waals surface area contributed by atoms with Gasteiger partial charge in [0.15, 0.2) is 0 Å². The second-order valence-electron chi connectivity index (χ2n) is 4.42. The van der Waals surface area contributed by atoms with Gasteiger partial charge in [0.05, 0.1) is 19.3 Å². The summed E-state index contributed by atoms with van der Waals surface area (Å²) in [4.78, 5) is 24.8. The number of nitrogens with zero attached hydrogens (tertiary/aromatic N) is 1. The lowest BCUT2D eigenvalue weighted by atomic mass is 10.2. The van der Waals surface area contributed by atoms with Crippen LogP contribution in [0, 0.1) is 0 Å². The van der Waals surface area contributed by atoms with Crippen LogP contribution in [0.5, 0.6) is 0 Å². The number of thioether (sulfide) groups is 1. The highest BCUT2D eigenvalue weighted by Gasteiger charge is 2.13. The van der Waals surface area contributed by atoms with Crippen molar-refractivity contribution in [1.29, 1.82) is 0 Å². The molecule has 1 amide bonds. The molecule has 0 spiro atoms. The molecule has 116 valence electrons. The molecule has 4 nitrogen and oxygen atoms in total. The van der Waals surface area contributed by atoms with Crippen molar-refractivity contribution in [3.8, 4) is 0 Å². The fourth-order valence-corrected chi connectivity index (χ4v) is 2.73. The zero-order chi connectivity index (χ0) is 15.7. The van der Waals surface area contributed by atoms with Crippen LogP contribution in [0.25, 0.3) is 0 Å². The van der Waals surface area contributed by atoms with Crippen molar-refractivity contribution in [3.05, 3.63) is 34.9 Å². The molecule has 0 unspecified atom stereocenters. The summed E-state index contributed by atoms with van der Waals surface area (Å²) in [5.41, 5.74) is 1.13. The number of hydrogen-bond donors (Lipinski definition) is 0. The normalized spacial score (nSPS) is 10.2. The van der Waals surface area contributed by atoms with Crippen molar-refractivity contribution in [2.45, 2.75) is 19.1 Å². The first-order valence-electron chi connectivity index (χ1n) is 6.73. The second kappa shape index (κ2) is 9.68. The molecule has 1 aromatic carbocycles. The molecule has 0 aromatic heterocycles. The van der Waals surface area contributed by atoms with E-state index in [9.17, 15) is 9.59 Å². The molecule has 0 fully saturated rings. The number of methoxy groups -OCH3 is 1. The Morgan fingerprint density at radius 2 is 1.95 bits per heavy atom. The summed E-state index contributed by atoms with van der Waals surface area (Å²) in [6.45, 7) is 2.90. The number of hydrogen-bond acceptors (Lipinski definition) is 4. The molecule has 21 heavy (non-hydrogen) atoms. The van der Waals surface area contributed by atoms with Crippen LogP contribution in [0.4, 0.5) is 0 Å². The van der Waals surface area contributed by atoms with Gasteiger partial charge in [0, 0.05) is 23.9 Å². The summed E-state index contributed by atoms with van der Waals surface area (Å²) in [5, 5.41) is 0.708.